The number of halogens is 2. The van der Waals surface area contributed by atoms with Crippen LogP contribution in [-0.2, 0) is 10.3 Å². The van der Waals surface area contributed by atoms with Gasteiger partial charge in [-0.3, -0.25) is 0 Å². The molecule has 6 heteroatoms. The molecule has 1 aliphatic carbocycles. The van der Waals surface area contributed by atoms with Crippen molar-refractivity contribution < 1.29 is 19.0 Å². The third kappa shape index (κ3) is 1.83. The highest BCUT2D eigenvalue weighted by Gasteiger charge is 2.48. The number of methoxy groups -OCH3 is 1. The molecule has 0 aliphatic heterocycles. The lowest BCUT2D eigenvalue weighted by Gasteiger charge is -2.15. The second kappa shape index (κ2) is 4.13. The van der Waals surface area contributed by atoms with E-state index < -0.39 is 17.1 Å². The third-order valence-electron chi connectivity index (χ3n) is 2.84. The van der Waals surface area contributed by atoms with Gasteiger partial charge in [0.1, 0.15) is 5.54 Å². The van der Waals surface area contributed by atoms with Gasteiger partial charge in [-0.15, -0.1) is 0 Å². The first-order valence-electron chi connectivity index (χ1n) is 4.90. The van der Waals surface area contributed by atoms with Crippen molar-refractivity contribution in [3.8, 4) is 11.5 Å². The molecule has 1 N–H and O–H groups in total. The van der Waals surface area contributed by atoms with E-state index in [9.17, 15) is 14.3 Å². The number of phenolic OH excluding ortho intramolecular Hbond substituents is 1. The summed E-state index contributed by atoms with van der Waals surface area (Å²) in [5.41, 5.74) is -0.296. The van der Waals surface area contributed by atoms with Crippen LogP contribution >= 0.6 is 15.9 Å². The maximum absolute atomic E-state index is 13.8. The Labute approximate surface area is 105 Å². The molecule has 0 atom stereocenters. The van der Waals surface area contributed by atoms with Crippen molar-refractivity contribution in [1.29, 1.82) is 0 Å². The summed E-state index contributed by atoms with van der Waals surface area (Å²) in [6.45, 7) is 0. The monoisotopic (exact) mass is 301 g/mol. The van der Waals surface area contributed by atoms with Crippen molar-refractivity contribution in [3.05, 3.63) is 21.9 Å². The number of nitrogens with zero attached hydrogens (tertiary/aromatic N) is 1. The summed E-state index contributed by atoms with van der Waals surface area (Å²) in [4.78, 5) is 14.1. The number of hydrogen-bond acceptors (Lipinski definition) is 4. The van der Waals surface area contributed by atoms with Crippen LogP contribution in [-0.4, -0.2) is 18.3 Å². The van der Waals surface area contributed by atoms with Crippen LogP contribution in [0.1, 0.15) is 18.4 Å². The number of phenols is 1. The number of carbonyl (C=O) groups excluding carboxylic acids is 1. The van der Waals surface area contributed by atoms with Gasteiger partial charge in [0.2, 0.25) is 11.9 Å². The minimum Gasteiger partial charge on any atom is -0.504 e. The molecule has 0 saturated heterocycles. The Balaban J connectivity index is 2.66. The number of benzene rings is 1. The maximum Gasteiger partial charge on any atom is 0.235 e. The fraction of sp³-hybridized carbons (Fsp3) is 0.364. The highest BCUT2D eigenvalue weighted by Crippen LogP contribution is 2.54. The molecule has 90 valence electrons. The lowest BCUT2D eigenvalue weighted by Crippen LogP contribution is -2.07. The lowest BCUT2D eigenvalue weighted by atomic mass is 10.0. The zero-order valence-electron chi connectivity index (χ0n) is 8.96. The number of rotatable bonds is 3. The highest BCUT2D eigenvalue weighted by molar-refractivity contribution is 9.10. The van der Waals surface area contributed by atoms with Gasteiger partial charge in [-0.2, -0.15) is 9.38 Å². The number of isocyanates is 1. The van der Waals surface area contributed by atoms with Crippen molar-refractivity contribution in [3.63, 3.8) is 0 Å². The van der Waals surface area contributed by atoms with Gasteiger partial charge in [-0.05, 0) is 34.8 Å². The minimum atomic E-state index is -0.857. The van der Waals surface area contributed by atoms with Gasteiger partial charge in [0, 0.05) is 5.56 Å². The van der Waals surface area contributed by atoms with E-state index in [0.717, 1.165) is 0 Å². The van der Waals surface area contributed by atoms with Crippen molar-refractivity contribution in [2.45, 2.75) is 18.4 Å². The van der Waals surface area contributed by atoms with Crippen LogP contribution < -0.4 is 4.74 Å². The zero-order chi connectivity index (χ0) is 12.6. The van der Waals surface area contributed by atoms with E-state index in [1.165, 1.54) is 19.3 Å². The van der Waals surface area contributed by atoms with Crippen LogP contribution in [0.25, 0.3) is 0 Å². The summed E-state index contributed by atoms with van der Waals surface area (Å²) in [6.07, 6.45) is 2.76. The standard InChI is InChI=1S/C11H9BrFNO3/c1-17-10-6(11(2-3-11)14-5-15)4-7(12)9(16)8(10)13/h4,16H,2-3H2,1H3. The first-order valence-corrected chi connectivity index (χ1v) is 5.69. The normalized spacial score (nSPS) is 16.2. The van der Waals surface area contributed by atoms with Gasteiger partial charge in [0.05, 0.1) is 11.6 Å². The first-order chi connectivity index (χ1) is 8.05. The van der Waals surface area contributed by atoms with Crippen LogP contribution in [0.3, 0.4) is 0 Å². The average molecular weight is 302 g/mol. The Bertz CT molecular complexity index is 522. The SMILES string of the molecule is COc1c(C2(N=C=O)CC2)cc(Br)c(O)c1F. The quantitative estimate of drug-likeness (QED) is 0.690. The molecule has 0 amide bonds. The Kier molecular flexibility index (Phi) is 2.93. The van der Waals surface area contributed by atoms with Crippen molar-refractivity contribution in [2.24, 2.45) is 4.99 Å². The van der Waals surface area contributed by atoms with Crippen LogP contribution in [0, 0.1) is 5.82 Å². The molecule has 4 nitrogen and oxygen atoms in total. The topological polar surface area (TPSA) is 58.9 Å². The van der Waals surface area contributed by atoms with Crippen LogP contribution in [0.4, 0.5) is 4.39 Å². The zero-order valence-corrected chi connectivity index (χ0v) is 10.5. The maximum atomic E-state index is 13.8. The second-order valence-electron chi connectivity index (χ2n) is 3.84. The Morgan fingerprint density at radius 3 is 2.76 bits per heavy atom. The van der Waals surface area contributed by atoms with E-state index in [0.29, 0.717) is 18.4 Å². The molecule has 17 heavy (non-hydrogen) atoms. The number of aromatic hydroxyl groups is 1. The first kappa shape index (κ1) is 12.1. The molecule has 0 spiro atoms. The second-order valence-corrected chi connectivity index (χ2v) is 4.69. The van der Waals surface area contributed by atoms with Crippen molar-refractivity contribution >= 4 is 22.0 Å². The van der Waals surface area contributed by atoms with E-state index in [-0.39, 0.29) is 10.2 Å². The molecule has 1 fully saturated rings. The van der Waals surface area contributed by atoms with Gasteiger partial charge in [0.25, 0.3) is 0 Å². The molecule has 1 aliphatic rings. The summed E-state index contributed by atoms with van der Waals surface area (Å²) in [5, 5.41) is 9.45. The van der Waals surface area contributed by atoms with Crippen molar-refractivity contribution in [1.82, 2.24) is 0 Å². The molecule has 0 radical (unpaired) electrons. The molecule has 1 aromatic carbocycles. The summed E-state index contributed by atoms with van der Waals surface area (Å²) >= 11 is 3.05. The smallest absolute Gasteiger partial charge is 0.235 e. The van der Waals surface area contributed by atoms with E-state index in [4.69, 9.17) is 4.74 Å². The van der Waals surface area contributed by atoms with Gasteiger partial charge in [-0.25, -0.2) is 4.79 Å². The molecule has 2 rings (SSSR count). The van der Waals surface area contributed by atoms with E-state index in [1.807, 2.05) is 0 Å². The summed E-state index contributed by atoms with van der Waals surface area (Å²) in [5.74, 6) is -1.46. The fourth-order valence-corrected chi connectivity index (χ4v) is 2.19. The number of ether oxygens (including phenoxy) is 1. The molecule has 0 unspecified atom stereocenters. The molecule has 0 aromatic heterocycles. The van der Waals surface area contributed by atoms with Gasteiger partial charge < -0.3 is 9.84 Å². The van der Waals surface area contributed by atoms with Crippen molar-refractivity contribution in [2.75, 3.05) is 7.11 Å². The highest BCUT2D eigenvalue weighted by atomic mass is 79.9. The molecular formula is C11H9BrFNO3. The third-order valence-corrected chi connectivity index (χ3v) is 3.44. The van der Waals surface area contributed by atoms with Crippen LogP contribution in [0.15, 0.2) is 15.5 Å². The Morgan fingerprint density at radius 1 is 1.65 bits per heavy atom. The van der Waals surface area contributed by atoms with Crippen LogP contribution in [0.5, 0.6) is 11.5 Å². The largest absolute Gasteiger partial charge is 0.504 e. The van der Waals surface area contributed by atoms with Crippen LogP contribution in [0.2, 0.25) is 0 Å². The summed E-state index contributed by atoms with van der Waals surface area (Å²) in [7, 11) is 1.30. The molecule has 1 saturated carbocycles. The van der Waals surface area contributed by atoms with Gasteiger partial charge >= 0.3 is 0 Å². The molecule has 0 bridgehead atoms. The molecular weight excluding hydrogens is 293 g/mol. The minimum absolute atomic E-state index is 0.0813. The average Bonchev–Trinajstić information content (AvgIpc) is 3.07. The predicted molar refractivity (Wildman–Crippen MR) is 61.4 cm³/mol. The Morgan fingerprint density at radius 2 is 2.29 bits per heavy atom. The van der Waals surface area contributed by atoms with Gasteiger partial charge in [-0.1, -0.05) is 0 Å². The predicted octanol–water partition coefficient (Wildman–Crippen LogP) is 2.63. The lowest BCUT2D eigenvalue weighted by molar-refractivity contribution is 0.355. The summed E-state index contributed by atoms with van der Waals surface area (Å²) in [6, 6.07) is 1.52. The molecule has 1 aromatic rings. The number of hydrogen-bond donors (Lipinski definition) is 1. The molecule has 0 heterocycles. The Hall–Kier alpha value is -1.39. The van der Waals surface area contributed by atoms with E-state index in [2.05, 4.69) is 20.9 Å². The summed E-state index contributed by atoms with van der Waals surface area (Å²) < 4.78 is 18.9. The van der Waals surface area contributed by atoms with E-state index >= 15 is 0 Å². The van der Waals surface area contributed by atoms with E-state index in [1.54, 1.807) is 0 Å². The van der Waals surface area contributed by atoms with Gasteiger partial charge in [0.15, 0.2) is 11.5 Å². The number of aliphatic imine (C=N–C) groups is 1. The fourth-order valence-electron chi connectivity index (χ4n) is 1.78.